The summed E-state index contributed by atoms with van der Waals surface area (Å²) >= 11 is 0. The zero-order valence-corrected chi connectivity index (χ0v) is 10.6. The quantitative estimate of drug-likeness (QED) is 0.834. The third-order valence-corrected chi connectivity index (χ3v) is 2.91. The molecule has 1 aliphatic rings. The molecule has 1 aliphatic heterocycles. The second kappa shape index (κ2) is 6.36. The van der Waals surface area contributed by atoms with Gasteiger partial charge in [0.2, 0.25) is 0 Å². The molecule has 1 fully saturated rings. The summed E-state index contributed by atoms with van der Waals surface area (Å²) in [6.45, 7) is 7.37. The highest BCUT2D eigenvalue weighted by Gasteiger charge is 2.23. The standard InChI is InChI=1S/C11H17N3.C2H6/c1-2-10-4-3-7-14(10)11-6-5-9(12)8-13-11;1-2/h5-6,8,10H,2-4,7,12H2,1H3;1-2H3. The van der Waals surface area contributed by atoms with E-state index in [9.17, 15) is 0 Å². The molecule has 0 amide bonds. The lowest BCUT2D eigenvalue weighted by Gasteiger charge is -2.24. The Kier molecular flexibility index (Phi) is 5.09. The van der Waals surface area contributed by atoms with Crippen LogP contribution in [0.5, 0.6) is 0 Å². The molecule has 3 heteroatoms. The Balaban J connectivity index is 0.000000606. The van der Waals surface area contributed by atoms with Crippen molar-refractivity contribution in [2.24, 2.45) is 0 Å². The molecule has 0 radical (unpaired) electrons. The van der Waals surface area contributed by atoms with Crippen LogP contribution in [0.1, 0.15) is 40.0 Å². The molecule has 0 saturated carbocycles. The van der Waals surface area contributed by atoms with E-state index in [2.05, 4.69) is 16.8 Å². The number of nitrogens with two attached hydrogens (primary N) is 1. The molecule has 1 aromatic rings. The molecule has 2 N–H and O–H groups in total. The molecule has 90 valence electrons. The molecule has 0 bridgehead atoms. The van der Waals surface area contributed by atoms with Crippen molar-refractivity contribution in [2.75, 3.05) is 17.2 Å². The molecule has 1 saturated heterocycles. The third kappa shape index (κ3) is 2.87. The number of hydrogen-bond acceptors (Lipinski definition) is 3. The van der Waals surface area contributed by atoms with Crippen molar-refractivity contribution in [1.82, 2.24) is 4.98 Å². The van der Waals surface area contributed by atoms with Crippen molar-refractivity contribution < 1.29 is 0 Å². The van der Waals surface area contributed by atoms with E-state index in [1.165, 1.54) is 19.3 Å². The normalized spacial score (nSPS) is 19.2. The van der Waals surface area contributed by atoms with Gasteiger partial charge >= 0.3 is 0 Å². The van der Waals surface area contributed by atoms with E-state index in [0.29, 0.717) is 6.04 Å². The van der Waals surface area contributed by atoms with E-state index < -0.39 is 0 Å². The highest BCUT2D eigenvalue weighted by atomic mass is 15.2. The van der Waals surface area contributed by atoms with Crippen LogP contribution in [0, 0.1) is 0 Å². The van der Waals surface area contributed by atoms with Crippen LogP contribution < -0.4 is 10.6 Å². The number of anilines is 2. The van der Waals surface area contributed by atoms with Gasteiger partial charge in [-0.3, -0.25) is 0 Å². The fourth-order valence-electron chi connectivity index (χ4n) is 2.13. The Bertz CT molecular complexity index is 295. The Hall–Kier alpha value is -1.25. The van der Waals surface area contributed by atoms with Gasteiger partial charge in [-0.2, -0.15) is 0 Å². The maximum atomic E-state index is 5.61. The Morgan fingerprint density at radius 2 is 2.19 bits per heavy atom. The van der Waals surface area contributed by atoms with Crippen LogP contribution in [0.15, 0.2) is 18.3 Å². The monoisotopic (exact) mass is 221 g/mol. The average Bonchev–Trinajstić information content (AvgIpc) is 2.81. The summed E-state index contributed by atoms with van der Waals surface area (Å²) in [6.07, 6.45) is 5.51. The van der Waals surface area contributed by atoms with E-state index in [1.807, 2.05) is 26.0 Å². The molecule has 1 unspecified atom stereocenters. The molecule has 3 nitrogen and oxygen atoms in total. The maximum absolute atomic E-state index is 5.61. The van der Waals surface area contributed by atoms with Crippen molar-refractivity contribution in [3.05, 3.63) is 18.3 Å². The number of nitrogens with zero attached hydrogens (tertiary/aromatic N) is 2. The van der Waals surface area contributed by atoms with Gasteiger partial charge in [0.1, 0.15) is 5.82 Å². The van der Waals surface area contributed by atoms with Crippen molar-refractivity contribution in [3.63, 3.8) is 0 Å². The predicted octanol–water partition coefficient (Wildman–Crippen LogP) is 3.07. The topological polar surface area (TPSA) is 42.1 Å². The van der Waals surface area contributed by atoms with Gasteiger partial charge in [0, 0.05) is 12.6 Å². The van der Waals surface area contributed by atoms with Gasteiger partial charge in [-0.1, -0.05) is 20.8 Å². The number of aromatic nitrogens is 1. The fraction of sp³-hybridized carbons (Fsp3) is 0.615. The second-order valence-electron chi connectivity index (χ2n) is 3.85. The zero-order valence-electron chi connectivity index (χ0n) is 10.6. The maximum Gasteiger partial charge on any atom is 0.128 e. The van der Waals surface area contributed by atoms with Gasteiger partial charge in [-0.25, -0.2) is 4.98 Å². The lowest BCUT2D eigenvalue weighted by molar-refractivity contribution is 0.640. The van der Waals surface area contributed by atoms with Crippen LogP contribution in [-0.2, 0) is 0 Å². The van der Waals surface area contributed by atoms with Crippen LogP contribution in [-0.4, -0.2) is 17.6 Å². The smallest absolute Gasteiger partial charge is 0.128 e. The number of hydrogen-bond donors (Lipinski definition) is 1. The Labute approximate surface area is 98.7 Å². The number of rotatable bonds is 2. The highest BCUT2D eigenvalue weighted by molar-refractivity contribution is 5.47. The van der Waals surface area contributed by atoms with Crippen LogP contribution in [0.25, 0.3) is 0 Å². The first-order valence-electron chi connectivity index (χ1n) is 6.29. The second-order valence-corrected chi connectivity index (χ2v) is 3.85. The van der Waals surface area contributed by atoms with Crippen LogP contribution in [0.4, 0.5) is 11.5 Å². The average molecular weight is 221 g/mol. The number of nitrogen functional groups attached to an aromatic ring is 1. The molecule has 1 aromatic heterocycles. The first kappa shape index (κ1) is 12.8. The number of pyridine rings is 1. The summed E-state index contributed by atoms with van der Waals surface area (Å²) in [5.41, 5.74) is 6.35. The third-order valence-electron chi connectivity index (χ3n) is 2.91. The van der Waals surface area contributed by atoms with E-state index >= 15 is 0 Å². The van der Waals surface area contributed by atoms with Crippen LogP contribution >= 0.6 is 0 Å². The molecule has 1 atom stereocenters. The van der Waals surface area contributed by atoms with Crippen molar-refractivity contribution in [1.29, 1.82) is 0 Å². The zero-order chi connectivity index (χ0) is 12.0. The lowest BCUT2D eigenvalue weighted by atomic mass is 10.2. The van der Waals surface area contributed by atoms with E-state index in [-0.39, 0.29) is 0 Å². The molecule has 0 aromatic carbocycles. The van der Waals surface area contributed by atoms with Crippen LogP contribution in [0.3, 0.4) is 0 Å². The minimum Gasteiger partial charge on any atom is -0.397 e. The van der Waals surface area contributed by atoms with Crippen molar-refractivity contribution >= 4 is 11.5 Å². The predicted molar refractivity (Wildman–Crippen MR) is 70.7 cm³/mol. The van der Waals surface area contributed by atoms with Crippen molar-refractivity contribution in [3.8, 4) is 0 Å². The summed E-state index contributed by atoms with van der Waals surface area (Å²) in [4.78, 5) is 6.75. The van der Waals surface area contributed by atoms with Gasteiger partial charge in [0.15, 0.2) is 0 Å². The SMILES string of the molecule is CC.CCC1CCCN1c1ccc(N)cn1. The molecule has 0 spiro atoms. The first-order chi connectivity index (χ1) is 7.81. The first-order valence-corrected chi connectivity index (χ1v) is 6.29. The molecule has 16 heavy (non-hydrogen) atoms. The highest BCUT2D eigenvalue weighted by Crippen LogP contribution is 2.25. The van der Waals surface area contributed by atoms with E-state index in [4.69, 9.17) is 5.73 Å². The Morgan fingerprint density at radius 1 is 1.44 bits per heavy atom. The van der Waals surface area contributed by atoms with Crippen molar-refractivity contribution in [2.45, 2.75) is 46.1 Å². The minimum atomic E-state index is 0.672. The van der Waals surface area contributed by atoms with Gasteiger partial charge in [0.05, 0.1) is 11.9 Å². The lowest BCUT2D eigenvalue weighted by Crippen LogP contribution is -2.29. The summed E-state index contributed by atoms with van der Waals surface area (Å²) < 4.78 is 0. The summed E-state index contributed by atoms with van der Waals surface area (Å²) in [6, 6.07) is 4.61. The summed E-state index contributed by atoms with van der Waals surface area (Å²) in [7, 11) is 0. The minimum absolute atomic E-state index is 0.672. The van der Waals surface area contributed by atoms with Crippen LogP contribution in [0.2, 0.25) is 0 Å². The van der Waals surface area contributed by atoms with Gasteiger partial charge in [-0.15, -0.1) is 0 Å². The molecule has 2 heterocycles. The summed E-state index contributed by atoms with van der Waals surface area (Å²) in [5.74, 6) is 1.07. The van der Waals surface area contributed by atoms with E-state index in [0.717, 1.165) is 18.1 Å². The fourth-order valence-corrected chi connectivity index (χ4v) is 2.13. The summed E-state index contributed by atoms with van der Waals surface area (Å²) in [5, 5.41) is 0. The largest absolute Gasteiger partial charge is 0.397 e. The van der Waals surface area contributed by atoms with Gasteiger partial charge < -0.3 is 10.6 Å². The molecular weight excluding hydrogens is 198 g/mol. The molecule has 2 rings (SSSR count). The molecular formula is C13H23N3. The van der Waals surface area contributed by atoms with Gasteiger partial charge in [-0.05, 0) is 31.4 Å². The van der Waals surface area contributed by atoms with Gasteiger partial charge in [0.25, 0.3) is 0 Å². The molecule has 0 aliphatic carbocycles. The van der Waals surface area contributed by atoms with E-state index in [1.54, 1.807) is 6.20 Å². The Morgan fingerprint density at radius 3 is 2.75 bits per heavy atom.